The lowest BCUT2D eigenvalue weighted by Gasteiger charge is -2.22. The number of carbonyl (C=O) groups is 2. The van der Waals surface area contributed by atoms with Crippen LogP contribution >= 0.6 is 0 Å². The smallest absolute Gasteiger partial charge is 0.305 e. The number of nitrogens with one attached hydrogen (secondary N) is 1. The van der Waals surface area contributed by atoms with E-state index in [0.29, 0.717) is 25.9 Å². The minimum absolute atomic E-state index is 0.000145. The van der Waals surface area contributed by atoms with E-state index in [2.05, 4.69) is 43.5 Å². The number of aliphatic hydroxyl groups excluding tert-OH is 2. The van der Waals surface area contributed by atoms with Crippen molar-refractivity contribution in [1.82, 2.24) is 5.32 Å². The van der Waals surface area contributed by atoms with Crippen LogP contribution in [0, 0.1) is 0 Å². The van der Waals surface area contributed by atoms with Crippen LogP contribution in [0.15, 0.2) is 24.3 Å². The Morgan fingerprint density at radius 2 is 0.618 bits per heavy atom. The number of amides is 1. The Morgan fingerprint density at radius 3 is 0.934 bits per heavy atom. The Labute approximate surface area is 475 Å². The highest BCUT2D eigenvalue weighted by Crippen LogP contribution is 2.18. The van der Waals surface area contributed by atoms with Crippen LogP contribution in [0.5, 0.6) is 0 Å². The zero-order chi connectivity index (χ0) is 55.0. The average molecular weight is 1070 g/mol. The van der Waals surface area contributed by atoms with Crippen molar-refractivity contribution in [2.45, 2.75) is 398 Å². The third kappa shape index (κ3) is 61.6. The van der Waals surface area contributed by atoms with Crippen molar-refractivity contribution in [3.8, 4) is 0 Å². The van der Waals surface area contributed by atoms with Crippen LogP contribution < -0.4 is 5.32 Å². The van der Waals surface area contributed by atoms with Crippen LogP contribution in [-0.2, 0) is 14.3 Å². The second-order valence-corrected chi connectivity index (χ2v) is 23.9. The Morgan fingerprint density at radius 1 is 0.355 bits per heavy atom. The SMILES string of the molecule is CCCCCCCCC/C=C\CCCCCCCC(=O)OCCCCCCCCCCC/C=C\CCCCCCCCCC(=O)NC(CO)C(O)CCCCCCCCCCCCCCCCCCCCCCCCC. The van der Waals surface area contributed by atoms with Crippen LogP contribution in [0.25, 0.3) is 0 Å². The average Bonchev–Trinajstić information content (AvgIpc) is 3.42. The summed E-state index contributed by atoms with van der Waals surface area (Å²) in [5, 5.41) is 23.4. The standard InChI is InChI=1S/C70H135NO5/c1-3-5-7-9-11-13-15-17-19-21-22-23-24-25-28-31-34-38-42-46-50-54-58-62-68(73)67(66-72)71-69(74)63-59-55-51-47-43-39-35-32-29-26-27-30-33-37-41-45-49-53-57-61-65-76-70(75)64-60-56-52-48-44-40-36-20-18-16-14-12-10-8-6-4-2/h20,26,29,36,67-68,72-73H,3-19,21-25,27-28,30-35,37-66H2,1-2H3,(H,71,74)/b29-26-,36-20-. The molecule has 0 radical (unpaired) electrons. The van der Waals surface area contributed by atoms with Crippen molar-refractivity contribution in [2.24, 2.45) is 0 Å². The third-order valence-electron chi connectivity index (χ3n) is 16.2. The molecule has 0 heterocycles. The lowest BCUT2D eigenvalue weighted by molar-refractivity contribution is -0.143. The van der Waals surface area contributed by atoms with E-state index in [1.165, 1.54) is 308 Å². The van der Waals surface area contributed by atoms with Gasteiger partial charge >= 0.3 is 5.97 Å². The van der Waals surface area contributed by atoms with Gasteiger partial charge in [0.05, 0.1) is 25.4 Å². The first-order valence-electron chi connectivity index (χ1n) is 34.6. The summed E-state index contributed by atoms with van der Waals surface area (Å²) in [6.45, 7) is 4.97. The molecule has 0 spiro atoms. The number of rotatable bonds is 65. The van der Waals surface area contributed by atoms with Crippen LogP contribution in [-0.4, -0.2) is 47.4 Å². The van der Waals surface area contributed by atoms with E-state index in [9.17, 15) is 19.8 Å². The van der Waals surface area contributed by atoms with Gasteiger partial charge in [0.15, 0.2) is 0 Å². The summed E-state index contributed by atoms with van der Waals surface area (Å²) in [5.41, 5.74) is 0. The van der Waals surface area contributed by atoms with Gasteiger partial charge in [0.25, 0.3) is 0 Å². The Kier molecular flexibility index (Phi) is 64.4. The number of hydrogen-bond donors (Lipinski definition) is 3. The zero-order valence-corrected chi connectivity index (χ0v) is 51.5. The van der Waals surface area contributed by atoms with Crippen molar-refractivity contribution in [3.63, 3.8) is 0 Å². The molecule has 1 amide bonds. The second kappa shape index (κ2) is 65.9. The normalized spacial score (nSPS) is 12.6. The predicted molar refractivity (Wildman–Crippen MR) is 333 cm³/mol. The molecular formula is C70H135NO5. The van der Waals surface area contributed by atoms with E-state index < -0.39 is 12.1 Å². The fourth-order valence-corrected chi connectivity index (χ4v) is 10.9. The molecule has 0 aliphatic carbocycles. The maximum Gasteiger partial charge on any atom is 0.305 e. The summed E-state index contributed by atoms with van der Waals surface area (Å²) >= 11 is 0. The van der Waals surface area contributed by atoms with E-state index in [-0.39, 0.29) is 18.5 Å². The molecule has 0 aromatic rings. The molecule has 0 saturated heterocycles. The van der Waals surface area contributed by atoms with Crippen molar-refractivity contribution in [1.29, 1.82) is 0 Å². The van der Waals surface area contributed by atoms with Crippen molar-refractivity contribution in [3.05, 3.63) is 24.3 Å². The van der Waals surface area contributed by atoms with Crippen LogP contribution in [0.1, 0.15) is 386 Å². The highest BCUT2D eigenvalue weighted by atomic mass is 16.5. The Balaban J connectivity index is 3.42. The summed E-state index contributed by atoms with van der Waals surface area (Å²) in [4.78, 5) is 24.6. The summed E-state index contributed by atoms with van der Waals surface area (Å²) in [6.07, 6.45) is 82.1. The second-order valence-electron chi connectivity index (χ2n) is 23.9. The van der Waals surface area contributed by atoms with E-state index in [1.54, 1.807) is 0 Å². The van der Waals surface area contributed by atoms with Crippen molar-refractivity contribution in [2.75, 3.05) is 13.2 Å². The minimum atomic E-state index is -0.671. The largest absolute Gasteiger partial charge is 0.466 e. The van der Waals surface area contributed by atoms with Gasteiger partial charge in [-0.25, -0.2) is 0 Å². The molecule has 76 heavy (non-hydrogen) atoms. The molecule has 6 nitrogen and oxygen atoms in total. The third-order valence-corrected chi connectivity index (χ3v) is 16.2. The summed E-state index contributed by atoms with van der Waals surface area (Å²) < 4.78 is 5.49. The lowest BCUT2D eigenvalue weighted by Crippen LogP contribution is -2.45. The molecule has 0 aromatic heterocycles. The van der Waals surface area contributed by atoms with Gasteiger partial charge in [0.1, 0.15) is 0 Å². The number of ether oxygens (including phenoxy) is 1. The molecule has 2 unspecified atom stereocenters. The Hall–Kier alpha value is -1.66. The predicted octanol–water partition coefficient (Wildman–Crippen LogP) is 22.1. The first kappa shape index (κ1) is 74.3. The van der Waals surface area contributed by atoms with E-state index in [1.807, 2.05) is 0 Å². The minimum Gasteiger partial charge on any atom is -0.466 e. The molecule has 0 bridgehead atoms. The molecule has 0 saturated carbocycles. The van der Waals surface area contributed by atoms with Gasteiger partial charge in [0.2, 0.25) is 5.91 Å². The molecule has 0 aromatic carbocycles. The molecule has 0 fully saturated rings. The summed E-state index contributed by atoms with van der Waals surface area (Å²) in [7, 11) is 0. The molecule has 0 aliphatic heterocycles. The first-order chi connectivity index (χ1) is 37.5. The van der Waals surface area contributed by atoms with Crippen molar-refractivity contribution >= 4 is 11.9 Å². The van der Waals surface area contributed by atoms with Crippen molar-refractivity contribution < 1.29 is 24.5 Å². The topological polar surface area (TPSA) is 95.9 Å². The van der Waals surface area contributed by atoms with Gasteiger partial charge in [-0.3, -0.25) is 9.59 Å². The van der Waals surface area contributed by atoms with E-state index in [0.717, 1.165) is 44.9 Å². The van der Waals surface area contributed by atoms with Gasteiger partial charge in [-0.15, -0.1) is 0 Å². The molecule has 0 rings (SSSR count). The number of unbranched alkanes of at least 4 members (excludes halogenated alkanes) is 50. The molecule has 6 heteroatoms. The zero-order valence-electron chi connectivity index (χ0n) is 51.5. The number of hydrogen-bond acceptors (Lipinski definition) is 5. The first-order valence-corrected chi connectivity index (χ1v) is 34.6. The monoisotopic (exact) mass is 1070 g/mol. The van der Waals surface area contributed by atoms with Gasteiger partial charge in [0, 0.05) is 12.8 Å². The molecule has 3 N–H and O–H groups in total. The van der Waals surface area contributed by atoms with Crippen LogP contribution in [0.2, 0.25) is 0 Å². The number of aliphatic hydroxyl groups is 2. The molecule has 0 aliphatic rings. The van der Waals surface area contributed by atoms with E-state index >= 15 is 0 Å². The van der Waals surface area contributed by atoms with E-state index in [4.69, 9.17) is 4.74 Å². The maximum atomic E-state index is 12.5. The molecular weight excluding hydrogens is 935 g/mol. The van der Waals surface area contributed by atoms with Gasteiger partial charge in [-0.2, -0.15) is 0 Å². The van der Waals surface area contributed by atoms with Crippen LogP contribution in [0.3, 0.4) is 0 Å². The molecule has 2 atom stereocenters. The fourth-order valence-electron chi connectivity index (χ4n) is 10.9. The number of allylic oxidation sites excluding steroid dienone is 4. The quantitative estimate of drug-likeness (QED) is 0.0320. The number of carbonyl (C=O) groups excluding carboxylic acids is 2. The van der Waals surface area contributed by atoms with Gasteiger partial charge in [-0.1, -0.05) is 321 Å². The summed E-state index contributed by atoms with van der Waals surface area (Å²) in [6, 6.07) is -0.549. The molecule has 450 valence electrons. The lowest BCUT2D eigenvalue weighted by atomic mass is 10.0. The summed E-state index contributed by atoms with van der Waals surface area (Å²) in [5.74, 6) is -0.0396. The van der Waals surface area contributed by atoms with Gasteiger partial charge < -0.3 is 20.3 Å². The Bertz CT molecular complexity index is 1190. The number of esters is 1. The highest BCUT2D eigenvalue weighted by Gasteiger charge is 2.20. The maximum absolute atomic E-state index is 12.5. The highest BCUT2D eigenvalue weighted by molar-refractivity contribution is 5.76. The fraction of sp³-hybridized carbons (Fsp3) is 0.914. The van der Waals surface area contributed by atoms with Gasteiger partial charge in [-0.05, 0) is 77.0 Å². The van der Waals surface area contributed by atoms with Crippen LogP contribution in [0.4, 0.5) is 0 Å².